The normalized spacial score (nSPS) is 31.8. The van der Waals surface area contributed by atoms with E-state index in [0.29, 0.717) is 0 Å². The number of nitrogens with zero attached hydrogens (tertiary/aromatic N) is 3. The Morgan fingerprint density at radius 2 is 2.12 bits per heavy atom. The van der Waals surface area contributed by atoms with Crippen LogP contribution in [0.1, 0.15) is 18.9 Å². The molecule has 1 fully saturated rings. The second-order valence-corrected chi connectivity index (χ2v) is 5.92. The van der Waals surface area contributed by atoms with Crippen molar-refractivity contribution in [3.05, 3.63) is 52.9 Å². The minimum Gasteiger partial charge on any atom is -0.497 e. The molecule has 8 heteroatoms. The standard InChI is InChI=1S/C17H23N3O5/c1-4-9-17(22)16(19-20-18)15(14(21)11(2)25-17)24-10-12-5-7-13(23-3)8-6-12/h4-8,11,14-16,21-22H,1,9-10H2,2-3H3/t11-,14+,15+,16-,17-/m0/s1. The SMILES string of the molecule is C=CC[C@]1(O)O[C@@H](C)[C@@H](O)[C@@H](OCc2ccc(OC)cc2)[C@@H]1N=[N+]=[N-]. The Bertz CT molecular complexity index is 632. The zero-order chi connectivity index (χ0) is 18.4. The van der Waals surface area contributed by atoms with Crippen LogP contribution in [0.4, 0.5) is 0 Å². The molecule has 1 aromatic carbocycles. The molecular formula is C17H23N3O5. The molecule has 0 aliphatic carbocycles. The molecule has 1 aliphatic rings. The van der Waals surface area contributed by atoms with Gasteiger partial charge in [0.15, 0.2) is 5.79 Å². The van der Waals surface area contributed by atoms with Crippen LogP contribution in [0.15, 0.2) is 42.0 Å². The molecule has 0 amide bonds. The zero-order valence-corrected chi connectivity index (χ0v) is 14.3. The number of benzene rings is 1. The molecule has 1 heterocycles. The quantitative estimate of drug-likeness (QED) is 0.339. The average molecular weight is 349 g/mol. The van der Waals surface area contributed by atoms with Crippen LogP contribution in [-0.2, 0) is 16.1 Å². The highest BCUT2D eigenvalue weighted by Gasteiger charge is 2.52. The zero-order valence-electron chi connectivity index (χ0n) is 14.3. The summed E-state index contributed by atoms with van der Waals surface area (Å²) in [5.41, 5.74) is 9.69. The molecule has 1 saturated heterocycles. The van der Waals surface area contributed by atoms with Crippen molar-refractivity contribution in [2.45, 2.75) is 50.1 Å². The molecule has 0 aromatic heterocycles. The number of aliphatic hydroxyl groups is 2. The number of ether oxygens (including phenoxy) is 3. The van der Waals surface area contributed by atoms with E-state index in [4.69, 9.17) is 19.7 Å². The first-order valence-electron chi connectivity index (χ1n) is 7.93. The van der Waals surface area contributed by atoms with Crippen molar-refractivity contribution >= 4 is 0 Å². The molecule has 136 valence electrons. The number of azide groups is 1. The van der Waals surface area contributed by atoms with Crippen LogP contribution in [0.2, 0.25) is 0 Å². The maximum Gasteiger partial charge on any atom is 0.180 e. The predicted molar refractivity (Wildman–Crippen MR) is 90.8 cm³/mol. The van der Waals surface area contributed by atoms with Crippen molar-refractivity contribution < 1.29 is 24.4 Å². The van der Waals surface area contributed by atoms with Gasteiger partial charge in [-0.25, -0.2) is 0 Å². The van der Waals surface area contributed by atoms with E-state index in [2.05, 4.69) is 16.6 Å². The van der Waals surface area contributed by atoms with Crippen molar-refractivity contribution in [3.8, 4) is 5.75 Å². The first-order chi connectivity index (χ1) is 11.9. The summed E-state index contributed by atoms with van der Waals surface area (Å²) in [5, 5.41) is 24.7. The Hall–Kier alpha value is -2.09. The fourth-order valence-electron chi connectivity index (χ4n) is 2.86. The fourth-order valence-corrected chi connectivity index (χ4v) is 2.86. The lowest BCUT2D eigenvalue weighted by atomic mass is 9.89. The van der Waals surface area contributed by atoms with Gasteiger partial charge in [-0.1, -0.05) is 23.3 Å². The third kappa shape index (κ3) is 4.31. The van der Waals surface area contributed by atoms with Crippen LogP contribution < -0.4 is 4.74 Å². The summed E-state index contributed by atoms with van der Waals surface area (Å²) in [6.07, 6.45) is -1.18. The molecule has 0 bridgehead atoms. The van der Waals surface area contributed by atoms with Crippen molar-refractivity contribution in [2.24, 2.45) is 5.11 Å². The Balaban J connectivity index is 2.20. The van der Waals surface area contributed by atoms with Gasteiger partial charge in [-0.3, -0.25) is 0 Å². The third-order valence-corrected chi connectivity index (χ3v) is 4.20. The summed E-state index contributed by atoms with van der Waals surface area (Å²) >= 11 is 0. The molecule has 8 nitrogen and oxygen atoms in total. The van der Waals surface area contributed by atoms with E-state index in [1.807, 2.05) is 12.1 Å². The molecule has 0 saturated carbocycles. The molecule has 2 N–H and O–H groups in total. The number of hydrogen-bond acceptors (Lipinski definition) is 6. The summed E-state index contributed by atoms with van der Waals surface area (Å²) in [7, 11) is 1.58. The smallest absolute Gasteiger partial charge is 0.180 e. The lowest BCUT2D eigenvalue weighted by molar-refractivity contribution is -0.310. The molecule has 0 unspecified atom stereocenters. The lowest BCUT2D eigenvalue weighted by Gasteiger charge is -2.46. The van der Waals surface area contributed by atoms with Gasteiger partial charge in [-0.2, -0.15) is 0 Å². The number of rotatable bonds is 7. The first-order valence-corrected chi connectivity index (χ1v) is 7.93. The minimum absolute atomic E-state index is 0.0378. The number of methoxy groups -OCH3 is 1. The van der Waals surface area contributed by atoms with Crippen molar-refractivity contribution in [3.63, 3.8) is 0 Å². The maximum atomic E-state index is 10.7. The second kappa shape index (κ2) is 8.33. The minimum atomic E-state index is -1.78. The Labute approximate surface area is 146 Å². The fraction of sp³-hybridized carbons (Fsp3) is 0.529. The summed E-state index contributed by atoms with van der Waals surface area (Å²) in [5.74, 6) is -1.06. The van der Waals surface area contributed by atoms with E-state index in [0.717, 1.165) is 11.3 Å². The highest BCUT2D eigenvalue weighted by atomic mass is 16.6. The van der Waals surface area contributed by atoms with E-state index < -0.39 is 30.1 Å². The van der Waals surface area contributed by atoms with Crippen LogP contribution in [0, 0.1) is 0 Å². The summed E-state index contributed by atoms with van der Waals surface area (Å²) < 4.78 is 16.4. The molecule has 1 aliphatic heterocycles. The maximum absolute atomic E-state index is 10.7. The highest BCUT2D eigenvalue weighted by molar-refractivity contribution is 5.26. The van der Waals surface area contributed by atoms with E-state index in [9.17, 15) is 10.2 Å². The van der Waals surface area contributed by atoms with Crippen molar-refractivity contribution in [2.75, 3.05) is 7.11 Å². The van der Waals surface area contributed by atoms with E-state index in [1.54, 1.807) is 26.2 Å². The topological polar surface area (TPSA) is 117 Å². The van der Waals surface area contributed by atoms with Gasteiger partial charge in [-0.05, 0) is 30.2 Å². The van der Waals surface area contributed by atoms with Crippen molar-refractivity contribution in [1.82, 2.24) is 0 Å². The van der Waals surface area contributed by atoms with Crippen LogP contribution in [-0.4, -0.2) is 47.5 Å². The summed E-state index contributed by atoms with van der Waals surface area (Å²) in [4.78, 5) is 2.77. The van der Waals surface area contributed by atoms with E-state index >= 15 is 0 Å². The first kappa shape index (κ1) is 19.2. The molecule has 5 atom stereocenters. The third-order valence-electron chi connectivity index (χ3n) is 4.20. The number of hydrogen-bond donors (Lipinski definition) is 2. The average Bonchev–Trinajstić information content (AvgIpc) is 2.60. The van der Waals surface area contributed by atoms with Gasteiger partial charge >= 0.3 is 0 Å². The lowest BCUT2D eigenvalue weighted by Crippen LogP contribution is -2.63. The largest absolute Gasteiger partial charge is 0.497 e. The summed E-state index contributed by atoms with van der Waals surface area (Å²) in [6.45, 7) is 5.37. The summed E-state index contributed by atoms with van der Waals surface area (Å²) in [6, 6.07) is 6.13. The molecule has 0 spiro atoms. The molecular weight excluding hydrogens is 326 g/mol. The Kier molecular flexibility index (Phi) is 6.41. The van der Waals surface area contributed by atoms with E-state index in [-0.39, 0.29) is 13.0 Å². The highest BCUT2D eigenvalue weighted by Crippen LogP contribution is 2.35. The molecule has 25 heavy (non-hydrogen) atoms. The molecule has 0 radical (unpaired) electrons. The van der Waals surface area contributed by atoms with Crippen molar-refractivity contribution in [1.29, 1.82) is 0 Å². The van der Waals surface area contributed by atoms with Gasteiger partial charge in [-0.15, -0.1) is 6.58 Å². The van der Waals surface area contributed by atoms with Gasteiger partial charge in [0.1, 0.15) is 24.0 Å². The van der Waals surface area contributed by atoms with Gasteiger partial charge in [0.05, 0.1) is 19.8 Å². The van der Waals surface area contributed by atoms with Crippen LogP contribution in [0.3, 0.4) is 0 Å². The van der Waals surface area contributed by atoms with Crippen LogP contribution >= 0.6 is 0 Å². The molecule has 1 aromatic rings. The van der Waals surface area contributed by atoms with Gasteiger partial charge < -0.3 is 24.4 Å². The second-order valence-electron chi connectivity index (χ2n) is 5.92. The van der Waals surface area contributed by atoms with E-state index in [1.165, 1.54) is 6.08 Å². The van der Waals surface area contributed by atoms with Gasteiger partial charge in [0, 0.05) is 11.3 Å². The number of aliphatic hydroxyl groups excluding tert-OH is 1. The predicted octanol–water partition coefficient (Wildman–Crippen LogP) is 2.30. The Morgan fingerprint density at radius 3 is 2.68 bits per heavy atom. The monoisotopic (exact) mass is 349 g/mol. The van der Waals surface area contributed by atoms with Gasteiger partial charge in [0.2, 0.25) is 0 Å². The molecule has 2 rings (SSSR count). The van der Waals surface area contributed by atoms with Gasteiger partial charge in [0.25, 0.3) is 0 Å². The van der Waals surface area contributed by atoms with Crippen LogP contribution in [0.5, 0.6) is 5.75 Å². The Morgan fingerprint density at radius 1 is 1.44 bits per heavy atom. The van der Waals surface area contributed by atoms with Crippen LogP contribution in [0.25, 0.3) is 10.4 Å².